The second-order valence-corrected chi connectivity index (χ2v) is 9.75. The van der Waals surface area contributed by atoms with Crippen LogP contribution in [0.1, 0.15) is 24.1 Å². The predicted molar refractivity (Wildman–Crippen MR) is 127 cm³/mol. The van der Waals surface area contributed by atoms with Crippen LogP contribution < -0.4 is 14.4 Å². The van der Waals surface area contributed by atoms with E-state index in [1.807, 2.05) is 6.92 Å². The first-order valence-electron chi connectivity index (χ1n) is 10.1. The molecule has 3 rings (SSSR count). The highest BCUT2D eigenvalue weighted by Gasteiger charge is 2.28. The molecule has 0 saturated carbocycles. The van der Waals surface area contributed by atoms with Gasteiger partial charge in [0.1, 0.15) is 18.1 Å². The van der Waals surface area contributed by atoms with Gasteiger partial charge in [0.25, 0.3) is 10.0 Å². The molecule has 1 amide bonds. The fourth-order valence-electron chi connectivity index (χ4n) is 3.22. The van der Waals surface area contributed by atoms with E-state index in [4.69, 9.17) is 16.3 Å². The second kappa shape index (κ2) is 10.2. The van der Waals surface area contributed by atoms with Crippen LogP contribution in [-0.4, -0.2) is 28.0 Å². The summed E-state index contributed by atoms with van der Waals surface area (Å²) >= 11 is 6.23. The van der Waals surface area contributed by atoms with E-state index in [1.54, 1.807) is 31.2 Å². The molecule has 33 heavy (non-hydrogen) atoms. The third kappa shape index (κ3) is 5.83. The van der Waals surface area contributed by atoms with Crippen molar-refractivity contribution >= 4 is 33.2 Å². The first-order valence-corrected chi connectivity index (χ1v) is 11.9. The SMILES string of the molecule is COc1ccc(N(CC(=O)N[C@@H](C)c2ccc(F)cc2)S(=O)(=O)c2ccc(C)cc2)cc1Cl. The zero-order chi connectivity index (χ0) is 24.2. The zero-order valence-corrected chi connectivity index (χ0v) is 20.0. The smallest absolute Gasteiger partial charge is 0.264 e. The Morgan fingerprint density at radius 1 is 1.09 bits per heavy atom. The Bertz CT molecular complexity index is 1230. The molecule has 0 spiro atoms. The number of hydrogen-bond donors (Lipinski definition) is 1. The van der Waals surface area contributed by atoms with Gasteiger partial charge in [0.05, 0.1) is 28.8 Å². The molecule has 0 bridgehead atoms. The van der Waals surface area contributed by atoms with Crippen LogP contribution in [0.3, 0.4) is 0 Å². The van der Waals surface area contributed by atoms with E-state index in [-0.39, 0.29) is 21.4 Å². The Morgan fingerprint density at radius 3 is 2.30 bits per heavy atom. The van der Waals surface area contributed by atoms with Gasteiger partial charge in [-0.25, -0.2) is 12.8 Å². The van der Waals surface area contributed by atoms with E-state index in [1.165, 1.54) is 49.6 Å². The number of nitrogens with one attached hydrogen (secondary N) is 1. The van der Waals surface area contributed by atoms with Gasteiger partial charge < -0.3 is 10.1 Å². The van der Waals surface area contributed by atoms with Crippen molar-refractivity contribution in [2.45, 2.75) is 24.8 Å². The average molecular weight is 491 g/mol. The fourth-order valence-corrected chi connectivity index (χ4v) is 4.88. The number of ether oxygens (including phenoxy) is 1. The molecule has 9 heteroatoms. The van der Waals surface area contributed by atoms with Crippen LogP contribution in [0.5, 0.6) is 5.75 Å². The molecule has 1 atom stereocenters. The van der Waals surface area contributed by atoms with Crippen molar-refractivity contribution in [3.8, 4) is 5.75 Å². The summed E-state index contributed by atoms with van der Waals surface area (Å²) in [6.45, 7) is 3.10. The lowest BCUT2D eigenvalue weighted by atomic mass is 10.1. The normalized spacial score (nSPS) is 12.2. The fraction of sp³-hybridized carbons (Fsp3) is 0.208. The van der Waals surface area contributed by atoms with E-state index in [2.05, 4.69) is 5.32 Å². The highest BCUT2D eigenvalue weighted by Crippen LogP contribution is 2.32. The molecule has 0 saturated heterocycles. The summed E-state index contributed by atoms with van der Waals surface area (Å²) in [5.41, 5.74) is 1.80. The first-order chi connectivity index (χ1) is 15.6. The molecule has 3 aromatic rings. The first kappa shape index (κ1) is 24.5. The summed E-state index contributed by atoms with van der Waals surface area (Å²) in [7, 11) is -2.63. The number of benzene rings is 3. The minimum absolute atomic E-state index is 0.0411. The molecule has 0 heterocycles. The van der Waals surface area contributed by atoms with Gasteiger partial charge in [0.2, 0.25) is 5.91 Å². The number of hydrogen-bond acceptors (Lipinski definition) is 4. The molecule has 6 nitrogen and oxygen atoms in total. The lowest BCUT2D eigenvalue weighted by molar-refractivity contribution is -0.120. The van der Waals surface area contributed by atoms with Gasteiger partial charge in [0, 0.05) is 0 Å². The summed E-state index contributed by atoms with van der Waals surface area (Å²) in [6, 6.07) is 16.1. The van der Waals surface area contributed by atoms with Gasteiger partial charge in [-0.05, 0) is 61.9 Å². The van der Waals surface area contributed by atoms with Gasteiger partial charge >= 0.3 is 0 Å². The quantitative estimate of drug-likeness (QED) is 0.489. The monoisotopic (exact) mass is 490 g/mol. The summed E-state index contributed by atoms with van der Waals surface area (Å²) < 4.78 is 46.3. The minimum Gasteiger partial charge on any atom is -0.495 e. The molecular formula is C24H24ClFN2O4S. The number of anilines is 1. The molecule has 174 valence electrons. The van der Waals surface area contributed by atoms with Crippen molar-refractivity contribution in [3.63, 3.8) is 0 Å². The number of halogens is 2. The second-order valence-electron chi connectivity index (χ2n) is 7.48. The molecule has 0 unspecified atom stereocenters. The molecule has 0 radical (unpaired) electrons. The van der Waals surface area contributed by atoms with Gasteiger partial charge in [0.15, 0.2) is 0 Å². The lowest BCUT2D eigenvalue weighted by Crippen LogP contribution is -2.41. The molecule has 0 fully saturated rings. The Balaban J connectivity index is 1.92. The molecule has 0 aromatic heterocycles. The maximum absolute atomic E-state index is 13.5. The van der Waals surface area contributed by atoms with Gasteiger partial charge in [-0.1, -0.05) is 41.4 Å². The summed E-state index contributed by atoms with van der Waals surface area (Å²) in [6.07, 6.45) is 0. The van der Waals surface area contributed by atoms with Crippen molar-refractivity contribution in [1.29, 1.82) is 0 Å². The number of carbonyl (C=O) groups excluding carboxylic acids is 1. The van der Waals surface area contributed by atoms with Crippen molar-refractivity contribution in [1.82, 2.24) is 5.32 Å². The topological polar surface area (TPSA) is 75.7 Å². The maximum Gasteiger partial charge on any atom is 0.264 e. The largest absolute Gasteiger partial charge is 0.495 e. The van der Waals surface area contributed by atoms with Crippen LogP contribution in [0, 0.1) is 12.7 Å². The van der Waals surface area contributed by atoms with E-state index in [9.17, 15) is 17.6 Å². The van der Waals surface area contributed by atoms with Crippen molar-refractivity contribution in [2.24, 2.45) is 0 Å². The highest BCUT2D eigenvalue weighted by atomic mass is 35.5. The van der Waals surface area contributed by atoms with Gasteiger partial charge in [-0.15, -0.1) is 0 Å². The molecule has 3 aromatic carbocycles. The number of methoxy groups -OCH3 is 1. The molecule has 0 aliphatic heterocycles. The number of nitrogens with zero attached hydrogens (tertiary/aromatic N) is 1. The van der Waals surface area contributed by atoms with Crippen LogP contribution in [0.2, 0.25) is 5.02 Å². The number of sulfonamides is 1. The van der Waals surface area contributed by atoms with Crippen molar-refractivity contribution in [3.05, 3.63) is 88.7 Å². The van der Waals surface area contributed by atoms with E-state index in [0.717, 1.165) is 9.87 Å². The molecule has 0 aliphatic carbocycles. The third-order valence-corrected chi connectivity index (χ3v) is 7.15. The zero-order valence-electron chi connectivity index (χ0n) is 18.4. The van der Waals surface area contributed by atoms with Gasteiger partial charge in [-0.2, -0.15) is 0 Å². The number of aryl methyl sites for hydroxylation is 1. The molecule has 1 N–H and O–H groups in total. The Kier molecular flexibility index (Phi) is 7.61. The minimum atomic E-state index is -4.08. The van der Waals surface area contributed by atoms with Crippen LogP contribution in [0.15, 0.2) is 71.6 Å². The highest BCUT2D eigenvalue weighted by molar-refractivity contribution is 7.92. The lowest BCUT2D eigenvalue weighted by Gasteiger charge is -2.25. The van der Waals surface area contributed by atoms with E-state index >= 15 is 0 Å². The van der Waals surface area contributed by atoms with E-state index in [0.29, 0.717) is 11.3 Å². The van der Waals surface area contributed by atoms with Crippen LogP contribution in [0.25, 0.3) is 0 Å². The predicted octanol–water partition coefficient (Wildman–Crippen LogP) is 4.87. The average Bonchev–Trinajstić information content (AvgIpc) is 2.78. The summed E-state index contributed by atoms with van der Waals surface area (Å²) in [4.78, 5) is 12.9. The van der Waals surface area contributed by atoms with Gasteiger partial charge in [-0.3, -0.25) is 9.10 Å². The summed E-state index contributed by atoms with van der Waals surface area (Å²) in [5.74, 6) is -0.541. The van der Waals surface area contributed by atoms with Crippen molar-refractivity contribution in [2.75, 3.05) is 18.0 Å². The number of amides is 1. The maximum atomic E-state index is 13.5. The number of rotatable bonds is 8. The van der Waals surface area contributed by atoms with Crippen LogP contribution in [-0.2, 0) is 14.8 Å². The molecular weight excluding hydrogens is 467 g/mol. The summed E-state index contributed by atoms with van der Waals surface area (Å²) in [5, 5.41) is 2.97. The Hall–Kier alpha value is -3.10. The third-order valence-electron chi connectivity index (χ3n) is 5.07. The van der Waals surface area contributed by atoms with Crippen LogP contribution in [0.4, 0.5) is 10.1 Å². The molecule has 0 aliphatic rings. The Morgan fingerprint density at radius 2 is 1.73 bits per heavy atom. The van der Waals surface area contributed by atoms with Crippen LogP contribution >= 0.6 is 11.6 Å². The van der Waals surface area contributed by atoms with Crippen molar-refractivity contribution < 1.29 is 22.3 Å². The van der Waals surface area contributed by atoms with E-state index < -0.39 is 28.5 Å². The number of carbonyl (C=O) groups is 1. The standard InChI is InChI=1S/C24H24ClFN2O4S/c1-16-4-11-21(12-5-16)33(30,31)28(20-10-13-23(32-3)22(25)14-20)15-24(29)27-17(2)18-6-8-19(26)9-7-18/h4-14,17H,15H2,1-3H3,(H,27,29)/t17-/m0/s1. The Labute approximate surface area is 198 Å².